The zero-order valence-electron chi connectivity index (χ0n) is 10.6. The van der Waals surface area contributed by atoms with Crippen molar-refractivity contribution in [2.45, 2.75) is 45.3 Å². The lowest BCUT2D eigenvalue weighted by Crippen LogP contribution is -2.49. The molecule has 88 valence electrons. The Morgan fingerprint density at radius 3 is 2.62 bits per heavy atom. The molecule has 16 heavy (non-hydrogen) atoms. The quantitative estimate of drug-likeness (QED) is 0.661. The molecule has 0 radical (unpaired) electrons. The number of hydrogen-bond donors (Lipinski definition) is 0. The van der Waals surface area contributed by atoms with Crippen molar-refractivity contribution in [3.63, 3.8) is 0 Å². The van der Waals surface area contributed by atoms with Gasteiger partial charge in [-0.25, -0.2) is 0 Å². The molecule has 0 N–H and O–H groups in total. The van der Waals surface area contributed by atoms with Crippen LogP contribution in [0.1, 0.15) is 33.6 Å². The highest BCUT2D eigenvalue weighted by atomic mass is 16.5. The molecule has 4 aliphatic carbocycles. The number of hydrogen-bond acceptors (Lipinski definition) is 1. The van der Waals surface area contributed by atoms with Crippen LogP contribution in [0.5, 0.6) is 0 Å². The fraction of sp³-hybridized carbons (Fsp3) is 0.867. The molecule has 5 fully saturated rings. The number of allylic oxidation sites excluding steroid dienone is 1. The van der Waals surface area contributed by atoms with Gasteiger partial charge in [0.25, 0.3) is 0 Å². The van der Waals surface area contributed by atoms with E-state index in [1.165, 1.54) is 6.42 Å². The minimum atomic E-state index is 0.279. The molecule has 1 heterocycles. The minimum Gasteiger partial charge on any atom is -0.371 e. The third-order valence-electron chi connectivity index (χ3n) is 6.38. The molecule has 4 saturated carbocycles. The highest BCUT2D eigenvalue weighted by molar-refractivity contribution is 5.31. The van der Waals surface area contributed by atoms with Crippen LogP contribution in [0, 0.1) is 35.0 Å². The van der Waals surface area contributed by atoms with E-state index in [4.69, 9.17) is 4.74 Å². The summed E-state index contributed by atoms with van der Waals surface area (Å²) in [5.74, 6) is 4.55. The van der Waals surface area contributed by atoms with E-state index in [0.717, 1.165) is 36.0 Å². The van der Waals surface area contributed by atoms with Crippen molar-refractivity contribution >= 4 is 0 Å². The summed E-state index contributed by atoms with van der Waals surface area (Å²) in [4.78, 5) is 0. The first kappa shape index (κ1) is 9.70. The zero-order valence-corrected chi connectivity index (χ0v) is 10.6. The van der Waals surface area contributed by atoms with E-state index < -0.39 is 0 Å². The van der Waals surface area contributed by atoms with Crippen LogP contribution >= 0.6 is 0 Å². The molecule has 1 nitrogen and oxygen atoms in total. The molecule has 5 rings (SSSR count). The van der Waals surface area contributed by atoms with Crippen molar-refractivity contribution in [1.29, 1.82) is 0 Å². The maximum atomic E-state index is 6.16. The summed E-state index contributed by atoms with van der Waals surface area (Å²) in [7, 11) is 0. The van der Waals surface area contributed by atoms with E-state index in [9.17, 15) is 0 Å². The summed E-state index contributed by atoms with van der Waals surface area (Å²) < 4.78 is 6.16. The maximum Gasteiger partial charge on any atom is 0.0748 e. The molecule has 1 saturated heterocycles. The fourth-order valence-electron chi connectivity index (χ4n) is 6.23. The van der Waals surface area contributed by atoms with Gasteiger partial charge >= 0.3 is 0 Å². The van der Waals surface area contributed by atoms with Gasteiger partial charge < -0.3 is 4.74 Å². The topological polar surface area (TPSA) is 9.23 Å². The lowest BCUT2D eigenvalue weighted by molar-refractivity contribution is -0.196. The molecule has 7 atom stereocenters. The van der Waals surface area contributed by atoms with E-state index in [2.05, 4.69) is 33.4 Å². The predicted molar refractivity (Wildman–Crippen MR) is 63.9 cm³/mol. The van der Waals surface area contributed by atoms with Gasteiger partial charge in [0.2, 0.25) is 0 Å². The van der Waals surface area contributed by atoms with E-state index in [-0.39, 0.29) is 5.60 Å². The highest BCUT2D eigenvalue weighted by Crippen LogP contribution is 2.80. The van der Waals surface area contributed by atoms with Gasteiger partial charge in [0.1, 0.15) is 0 Å². The van der Waals surface area contributed by atoms with Gasteiger partial charge in [-0.3, -0.25) is 0 Å². The summed E-state index contributed by atoms with van der Waals surface area (Å²) in [5.41, 5.74) is 0.710. The first-order chi connectivity index (χ1) is 7.50. The van der Waals surface area contributed by atoms with Gasteiger partial charge in [0.15, 0.2) is 0 Å². The third kappa shape index (κ3) is 0.739. The van der Waals surface area contributed by atoms with E-state index >= 15 is 0 Å². The lowest BCUT2D eigenvalue weighted by Gasteiger charge is -2.43. The van der Waals surface area contributed by atoms with Crippen LogP contribution in [0.2, 0.25) is 0 Å². The van der Waals surface area contributed by atoms with Crippen molar-refractivity contribution in [3.8, 4) is 0 Å². The molecule has 6 bridgehead atoms. The Bertz CT molecular complexity index is 372. The lowest BCUT2D eigenvalue weighted by atomic mass is 9.68. The highest BCUT2D eigenvalue weighted by Gasteiger charge is 2.83. The molecule has 0 aromatic rings. The average molecular weight is 218 g/mol. The number of rotatable bonds is 3. The maximum absolute atomic E-state index is 6.16. The molecule has 1 aliphatic heterocycles. The fourth-order valence-corrected chi connectivity index (χ4v) is 6.23. The van der Waals surface area contributed by atoms with Crippen molar-refractivity contribution in [2.75, 3.05) is 0 Å². The number of ether oxygens (including phenoxy) is 1. The van der Waals surface area contributed by atoms with Crippen LogP contribution in [0.4, 0.5) is 0 Å². The summed E-state index contributed by atoms with van der Waals surface area (Å²) in [6.45, 7) is 11.2. The Labute approximate surface area is 98.2 Å². The molecule has 0 unspecified atom stereocenters. The van der Waals surface area contributed by atoms with Crippen molar-refractivity contribution in [1.82, 2.24) is 0 Å². The van der Waals surface area contributed by atoms with Crippen molar-refractivity contribution in [2.24, 2.45) is 35.0 Å². The molecule has 5 aliphatic rings. The van der Waals surface area contributed by atoms with Crippen LogP contribution < -0.4 is 0 Å². The van der Waals surface area contributed by atoms with E-state index in [1.54, 1.807) is 0 Å². The summed E-state index contributed by atoms with van der Waals surface area (Å²) >= 11 is 0. The van der Waals surface area contributed by atoms with Gasteiger partial charge in [0.05, 0.1) is 11.7 Å². The SMILES string of the molecule is C=CCC(C)(C)[C@@H]1[C@@H]2C[C@H]3[C@@H]4O[C@](C)([C@H]31)[C@@H]24. The molecular formula is C15H22O. The normalized spacial score (nSPS) is 60.4. The second-order valence-corrected chi connectivity index (χ2v) is 7.39. The Kier molecular flexibility index (Phi) is 1.47. The Hall–Kier alpha value is -0.300. The van der Waals surface area contributed by atoms with Crippen LogP contribution in [0.25, 0.3) is 0 Å². The van der Waals surface area contributed by atoms with E-state index in [0.29, 0.717) is 11.5 Å². The predicted octanol–water partition coefficient (Wildman–Crippen LogP) is 3.26. The minimum absolute atomic E-state index is 0.279. The molecule has 0 aromatic heterocycles. The smallest absolute Gasteiger partial charge is 0.0748 e. The van der Waals surface area contributed by atoms with Gasteiger partial charge in [-0.1, -0.05) is 19.9 Å². The molecule has 1 heteroatoms. The largest absolute Gasteiger partial charge is 0.371 e. The van der Waals surface area contributed by atoms with Gasteiger partial charge in [-0.2, -0.15) is 0 Å². The Morgan fingerprint density at radius 2 is 2.12 bits per heavy atom. The van der Waals surface area contributed by atoms with Crippen LogP contribution in [0.3, 0.4) is 0 Å². The Balaban J connectivity index is 1.73. The summed E-state index contributed by atoms with van der Waals surface area (Å²) in [5, 5.41) is 0. The van der Waals surface area contributed by atoms with Crippen molar-refractivity contribution in [3.05, 3.63) is 12.7 Å². The first-order valence-electron chi connectivity index (χ1n) is 6.79. The second kappa shape index (κ2) is 2.43. The third-order valence-corrected chi connectivity index (χ3v) is 6.38. The average Bonchev–Trinajstić information content (AvgIpc) is 2.80. The standard InChI is InChI=1S/C15H22O/c1-5-6-14(2,3)10-8-7-9-11(10)15(4)12(8)13(9)16-15/h5,8-13H,1,6-7H2,2-4H3/t8-,9+,10+,11+,12-,13-,15+/m0/s1. The summed E-state index contributed by atoms with van der Waals surface area (Å²) in [6, 6.07) is 0. The molecule has 0 amide bonds. The summed E-state index contributed by atoms with van der Waals surface area (Å²) in [6.07, 6.45) is 5.39. The van der Waals surface area contributed by atoms with Crippen LogP contribution in [-0.4, -0.2) is 11.7 Å². The van der Waals surface area contributed by atoms with Gasteiger partial charge in [0, 0.05) is 5.92 Å². The monoisotopic (exact) mass is 218 g/mol. The molecule has 0 aromatic carbocycles. The second-order valence-electron chi connectivity index (χ2n) is 7.39. The van der Waals surface area contributed by atoms with Crippen molar-refractivity contribution < 1.29 is 4.74 Å². The Morgan fingerprint density at radius 1 is 1.38 bits per heavy atom. The van der Waals surface area contributed by atoms with E-state index in [1.807, 2.05) is 0 Å². The molecule has 0 spiro atoms. The van der Waals surface area contributed by atoms with Gasteiger partial charge in [-0.05, 0) is 48.9 Å². The van der Waals surface area contributed by atoms with Gasteiger partial charge in [-0.15, -0.1) is 6.58 Å². The first-order valence-corrected chi connectivity index (χ1v) is 6.79. The molecular weight excluding hydrogens is 196 g/mol. The zero-order chi connectivity index (χ0) is 11.3. The van der Waals surface area contributed by atoms with Crippen LogP contribution in [0.15, 0.2) is 12.7 Å². The van der Waals surface area contributed by atoms with Crippen LogP contribution in [-0.2, 0) is 4.74 Å².